The fourth-order valence-electron chi connectivity index (χ4n) is 3.98. The van der Waals surface area contributed by atoms with Gasteiger partial charge in [-0.05, 0) is 77.8 Å². The fourth-order valence-corrected chi connectivity index (χ4v) is 5.50. The highest BCUT2D eigenvalue weighted by molar-refractivity contribution is 7.86. The molecule has 0 aliphatic rings. The SMILES string of the molecule is CCCCCC=CCC=CCCCCCCCC(O)[C@H](C(=O)OC(C)(C)C)[S@@](=O)c1ccccc1C. The Balaban J connectivity index is 2.41. The molecule has 1 aromatic rings. The number of esters is 1. The van der Waals surface area contributed by atoms with E-state index in [-0.39, 0.29) is 0 Å². The number of allylic oxidation sites excluding steroid dienone is 4. The Labute approximate surface area is 223 Å². The molecule has 0 saturated heterocycles. The van der Waals surface area contributed by atoms with Crippen molar-refractivity contribution in [2.45, 2.75) is 134 Å². The molecule has 1 unspecified atom stereocenters. The topological polar surface area (TPSA) is 63.6 Å². The van der Waals surface area contributed by atoms with Gasteiger partial charge >= 0.3 is 5.97 Å². The van der Waals surface area contributed by atoms with Crippen molar-refractivity contribution >= 4 is 16.8 Å². The summed E-state index contributed by atoms with van der Waals surface area (Å²) in [6.45, 7) is 9.45. The number of unbranched alkanes of at least 4 members (excludes halogenated alkanes) is 8. The summed E-state index contributed by atoms with van der Waals surface area (Å²) in [6.07, 6.45) is 20.9. The lowest BCUT2D eigenvalue weighted by atomic mass is 10.0. The zero-order valence-electron chi connectivity index (χ0n) is 23.3. The van der Waals surface area contributed by atoms with Gasteiger partial charge in [0.2, 0.25) is 0 Å². The number of aliphatic hydroxyl groups is 1. The van der Waals surface area contributed by atoms with Gasteiger partial charge < -0.3 is 9.84 Å². The minimum atomic E-state index is -1.68. The van der Waals surface area contributed by atoms with Crippen molar-refractivity contribution in [3.63, 3.8) is 0 Å². The second kappa shape index (κ2) is 18.5. The molecule has 4 nitrogen and oxygen atoms in total. The minimum absolute atomic E-state index is 0.437. The molecular formula is C31H50O4S. The Morgan fingerprint density at radius 2 is 1.53 bits per heavy atom. The molecular weight excluding hydrogens is 468 g/mol. The number of rotatable bonds is 18. The highest BCUT2D eigenvalue weighted by Crippen LogP contribution is 2.23. The van der Waals surface area contributed by atoms with Crippen LogP contribution in [0, 0.1) is 6.92 Å². The Bertz CT molecular complexity index is 822. The van der Waals surface area contributed by atoms with E-state index in [0.717, 1.165) is 50.5 Å². The van der Waals surface area contributed by atoms with Gasteiger partial charge in [0.15, 0.2) is 5.25 Å². The molecule has 1 rings (SSSR count). The first-order chi connectivity index (χ1) is 17.2. The highest BCUT2D eigenvalue weighted by atomic mass is 32.2. The first-order valence-corrected chi connectivity index (χ1v) is 15.1. The predicted octanol–water partition coefficient (Wildman–Crippen LogP) is 7.99. The van der Waals surface area contributed by atoms with Crippen LogP contribution in [0.2, 0.25) is 0 Å². The summed E-state index contributed by atoms with van der Waals surface area (Å²) in [5.74, 6) is -0.598. The predicted molar refractivity (Wildman–Crippen MR) is 153 cm³/mol. The van der Waals surface area contributed by atoms with Gasteiger partial charge in [-0.1, -0.05) is 88.0 Å². The molecule has 0 saturated carbocycles. The van der Waals surface area contributed by atoms with Crippen LogP contribution in [-0.4, -0.2) is 32.2 Å². The molecule has 0 heterocycles. The molecule has 0 amide bonds. The summed E-state index contributed by atoms with van der Waals surface area (Å²) in [4.78, 5) is 13.5. The minimum Gasteiger partial charge on any atom is -0.459 e. The highest BCUT2D eigenvalue weighted by Gasteiger charge is 2.37. The van der Waals surface area contributed by atoms with E-state index in [1.807, 2.05) is 19.1 Å². The van der Waals surface area contributed by atoms with Crippen molar-refractivity contribution in [1.29, 1.82) is 0 Å². The lowest BCUT2D eigenvalue weighted by Crippen LogP contribution is -2.42. The van der Waals surface area contributed by atoms with Crippen molar-refractivity contribution in [2.75, 3.05) is 0 Å². The zero-order valence-corrected chi connectivity index (χ0v) is 24.2. The van der Waals surface area contributed by atoms with Gasteiger partial charge in [-0.15, -0.1) is 0 Å². The standard InChI is InChI=1S/C31H50O4S/c1-6-7-8-9-10-11-12-13-14-15-16-17-18-19-20-24-27(32)29(30(33)35-31(3,4)5)36(34)28-25-22-21-23-26(28)2/h10-11,13-14,21-23,25,27,29,32H,6-9,12,15-20,24H2,1-5H3/t27?,29-,36+/m1/s1. The number of ether oxygens (including phenoxy) is 1. The molecule has 5 heteroatoms. The normalized spacial score (nSPS) is 14.8. The fraction of sp³-hybridized carbons (Fsp3) is 0.645. The molecule has 1 N–H and O–H groups in total. The Morgan fingerprint density at radius 1 is 0.944 bits per heavy atom. The Kier molecular flexibility index (Phi) is 16.6. The molecule has 1 aromatic carbocycles. The first kappa shape index (κ1) is 32.3. The molecule has 204 valence electrons. The first-order valence-electron chi connectivity index (χ1n) is 13.8. The Hall–Kier alpha value is -1.72. The van der Waals surface area contributed by atoms with Crippen LogP contribution in [-0.2, 0) is 20.3 Å². The number of aliphatic hydroxyl groups excluding tert-OH is 1. The summed E-state index contributed by atoms with van der Waals surface area (Å²) in [7, 11) is -1.68. The maximum absolute atomic E-state index is 13.3. The lowest BCUT2D eigenvalue weighted by Gasteiger charge is -2.26. The second-order valence-corrected chi connectivity index (χ2v) is 12.1. The third-order valence-electron chi connectivity index (χ3n) is 5.98. The quantitative estimate of drug-likeness (QED) is 0.121. The van der Waals surface area contributed by atoms with Gasteiger partial charge in [0.05, 0.1) is 16.9 Å². The van der Waals surface area contributed by atoms with Gasteiger partial charge in [-0.3, -0.25) is 9.00 Å². The van der Waals surface area contributed by atoms with Crippen molar-refractivity contribution in [2.24, 2.45) is 0 Å². The molecule has 0 aliphatic heterocycles. The summed E-state index contributed by atoms with van der Waals surface area (Å²) >= 11 is 0. The van der Waals surface area contributed by atoms with E-state index in [1.165, 1.54) is 25.7 Å². The lowest BCUT2D eigenvalue weighted by molar-refractivity contribution is -0.156. The largest absolute Gasteiger partial charge is 0.459 e. The van der Waals surface area contributed by atoms with Crippen molar-refractivity contribution in [3.05, 3.63) is 54.1 Å². The molecule has 3 atom stereocenters. The third kappa shape index (κ3) is 14.1. The molecule has 0 fully saturated rings. The van der Waals surface area contributed by atoms with Gasteiger partial charge in [0.1, 0.15) is 5.60 Å². The molecule has 0 bridgehead atoms. The molecule has 0 aromatic heterocycles. The van der Waals surface area contributed by atoms with Gasteiger partial charge in [0.25, 0.3) is 0 Å². The maximum Gasteiger partial charge on any atom is 0.325 e. The van der Waals surface area contributed by atoms with Crippen molar-refractivity contribution < 1.29 is 18.8 Å². The van der Waals surface area contributed by atoms with E-state index in [2.05, 4.69) is 31.2 Å². The summed E-state index contributed by atoms with van der Waals surface area (Å²) in [6, 6.07) is 7.30. The second-order valence-electron chi connectivity index (χ2n) is 10.6. The van der Waals surface area contributed by atoms with Crippen LogP contribution >= 0.6 is 0 Å². The molecule has 0 radical (unpaired) electrons. The van der Waals surface area contributed by atoms with E-state index in [0.29, 0.717) is 11.3 Å². The van der Waals surface area contributed by atoms with E-state index < -0.39 is 33.7 Å². The summed E-state index contributed by atoms with van der Waals surface area (Å²) in [5, 5.41) is 9.81. The van der Waals surface area contributed by atoms with E-state index in [4.69, 9.17) is 4.74 Å². The van der Waals surface area contributed by atoms with Crippen LogP contribution in [0.25, 0.3) is 0 Å². The summed E-state index contributed by atoms with van der Waals surface area (Å²) < 4.78 is 18.9. The van der Waals surface area contributed by atoms with E-state index >= 15 is 0 Å². The van der Waals surface area contributed by atoms with Gasteiger partial charge in [0, 0.05) is 4.90 Å². The van der Waals surface area contributed by atoms with E-state index in [9.17, 15) is 14.1 Å². The molecule has 0 aliphatic carbocycles. The number of aryl methyl sites for hydroxylation is 1. The number of carbonyl (C=O) groups is 1. The monoisotopic (exact) mass is 518 g/mol. The average Bonchev–Trinajstić information content (AvgIpc) is 2.80. The van der Waals surface area contributed by atoms with E-state index in [1.54, 1.807) is 32.9 Å². The van der Waals surface area contributed by atoms with Crippen molar-refractivity contribution in [1.82, 2.24) is 0 Å². The van der Waals surface area contributed by atoms with Crippen LogP contribution in [0.3, 0.4) is 0 Å². The van der Waals surface area contributed by atoms with Crippen LogP contribution in [0.1, 0.15) is 110 Å². The third-order valence-corrected chi connectivity index (χ3v) is 7.84. The molecule has 0 spiro atoms. The van der Waals surface area contributed by atoms with Crippen molar-refractivity contribution in [3.8, 4) is 0 Å². The Morgan fingerprint density at radius 3 is 2.14 bits per heavy atom. The van der Waals surface area contributed by atoms with Gasteiger partial charge in [-0.25, -0.2) is 0 Å². The number of carbonyl (C=O) groups excluding carboxylic acids is 1. The number of hydrogen-bond acceptors (Lipinski definition) is 4. The van der Waals surface area contributed by atoms with Crippen LogP contribution in [0.5, 0.6) is 0 Å². The maximum atomic E-state index is 13.3. The smallest absolute Gasteiger partial charge is 0.325 e. The zero-order chi connectivity index (χ0) is 26.8. The van der Waals surface area contributed by atoms with Crippen LogP contribution in [0.4, 0.5) is 0 Å². The van der Waals surface area contributed by atoms with Crippen LogP contribution in [0.15, 0.2) is 53.5 Å². The molecule has 36 heavy (non-hydrogen) atoms. The average molecular weight is 519 g/mol. The number of benzene rings is 1. The van der Waals surface area contributed by atoms with Gasteiger partial charge in [-0.2, -0.15) is 0 Å². The van der Waals surface area contributed by atoms with Crippen LogP contribution < -0.4 is 0 Å². The number of hydrogen-bond donors (Lipinski definition) is 1. The summed E-state index contributed by atoms with van der Waals surface area (Å²) in [5.41, 5.74) is 0.137.